The van der Waals surface area contributed by atoms with Crippen LogP contribution in [0.3, 0.4) is 0 Å². The van der Waals surface area contributed by atoms with Crippen molar-refractivity contribution in [3.63, 3.8) is 0 Å². The van der Waals surface area contributed by atoms with Crippen molar-refractivity contribution in [2.24, 2.45) is 5.14 Å². The highest BCUT2D eigenvalue weighted by atomic mass is 32.2. The third kappa shape index (κ3) is 3.22. The van der Waals surface area contributed by atoms with Crippen molar-refractivity contribution < 1.29 is 8.42 Å². The first-order valence-electron chi connectivity index (χ1n) is 4.70. The van der Waals surface area contributed by atoms with E-state index in [2.05, 4.69) is 15.5 Å². The Hall–Kier alpha value is -1.51. The van der Waals surface area contributed by atoms with E-state index in [0.717, 1.165) is 16.9 Å². The zero-order valence-corrected chi connectivity index (χ0v) is 10.3. The molecule has 0 unspecified atom stereocenters. The molecule has 0 saturated heterocycles. The van der Waals surface area contributed by atoms with Gasteiger partial charge in [-0.2, -0.15) is 0 Å². The number of primary sulfonamides is 1. The van der Waals surface area contributed by atoms with Crippen LogP contribution in [0.5, 0.6) is 0 Å². The summed E-state index contributed by atoms with van der Waals surface area (Å²) in [5.41, 5.74) is 1.07. The van der Waals surface area contributed by atoms with Crippen LogP contribution in [-0.4, -0.2) is 18.6 Å². The molecule has 17 heavy (non-hydrogen) atoms. The number of sulfonamides is 1. The molecule has 0 fully saturated rings. The van der Waals surface area contributed by atoms with Crippen LogP contribution < -0.4 is 10.5 Å². The van der Waals surface area contributed by atoms with Crippen molar-refractivity contribution in [1.29, 1.82) is 0 Å². The molecule has 0 spiro atoms. The first kappa shape index (κ1) is 12.0. The van der Waals surface area contributed by atoms with E-state index in [-0.39, 0.29) is 4.34 Å². The summed E-state index contributed by atoms with van der Waals surface area (Å²) >= 11 is 0.913. The number of anilines is 1. The van der Waals surface area contributed by atoms with Gasteiger partial charge in [0.1, 0.15) is 0 Å². The van der Waals surface area contributed by atoms with Gasteiger partial charge in [-0.1, -0.05) is 41.7 Å². The molecule has 0 aliphatic rings. The Labute approximate surface area is 103 Å². The van der Waals surface area contributed by atoms with Crippen LogP contribution in [-0.2, 0) is 16.6 Å². The highest BCUT2D eigenvalue weighted by Crippen LogP contribution is 2.18. The maximum atomic E-state index is 11.0. The molecule has 3 N–H and O–H groups in total. The molecular weight excluding hydrogens is 260 g/mol. The van der Waals surface area contributed by atoms with E-state index in [1.54, 1.807) is 0 Å². The van der Waals surface area contributed by atoms with Crippen LogP contribution in [0.1, 0.15) is 5.56 Å². The standard InChI is InChI=1S/C9H10N4O2S2/c10-17(14,15)9-13-12-8(16-9)11-6-7-4-2-1-3-5-7/h1-5H,6H2,(H,11,12)(H2,10,14,15). The van der Waals surface area contributed by atoms with E-state index in [0.29, 0.717) is 11.7 Å². The van der Waals surface area contributed by atoms with Gasteiger partial charge in [0.25, 0.3) is 10.0 Å². The second-order valence-electron chi connectivity index (χ2n) is 3.26. The summed E-state index contributed by atoms with van der Waals surface area (Å²) in [5.74, 6) is 0. The zero-order valence-electron chi connectivity index (χ0n) is 8.70. The first-order valence-corrected chi connectivity index (χ1v) is 7.06. The van der Waals surface area contributed by atoms with E-state index >= 15 is 0 Å². The Kier molecular flexibility index (Phi) is 3.36. The Morgan fingerprint density at radius 3 is 2.53 bits per heavy atom. The summed E-state index contributed by atoms with van der Waals surface area (Å²) in [5, 5.41) is 15.5. The van der Waals surface area contributed by atoms with Crippen LogP contribution in [0.25, 0.3) is 0 Å². The highest BCUT2D eigenvalue weighted by Gasteiger charge is 2.14. The van der Waals surface area contributed by atoms with Gasteiger partial charge in [-0.15, -0.1) is 10.2 Å². The predicted molar refractivity (Wildman–Crippen MR) is 65.1 cm³/mol. The summed E-state index contributed by atoms with van der Waals surface area (Å²) in [4.78, 5) is 0. The molecule has 0 amide bonds. The number of nitrogens with one attached hydrogen (secondary N) is 1. The number of hydrogen-bond acceptors (Lipinski definition) is 6. The fourth-order valence-corrected chi connectivity index (χ4v) is 2.50. The normalized spacial score (nSPS) is 11.4. The van der Waals surface area contributed by atoms with Crippen molar-refractivity contribution in [3.8, 4) is 0 Å². The molecule has 0 aliphatic carbocycles. The topological polar surface area (TPSA) is 98.0 Å². The lowest BCUT2D eigenvalue weighted by Gasteiger charge is -2.00. The molecule has 90 valence electrons. The molecule has 0 bridgehead atoms. The SMILES string of the molecule is NS(=O)(=O)c1nnc(NCc2ccccc2)s1. The van der Waals surface area contributed by atoms with Crippen molar-refractivity contribution in [3.05, 3.63) is 35.9 Å². The average molecular weight is 270 g/mol. The molecule has 8 heteroatoms. The molecule has 1 aromatic heterocycles. The van der Waals surface area contributed by atoms with Crippen LogP contribution >= 0.6 is 11.3 Å². The monoisotopic (exact) mass is 270 g/mol. The van der Waals surface area contributed by atoms with Gasteiger partial charge in [-0.3, -0.25) is 0 Å². The quantitative estimate of drug-likeness (QED) is 0.856. The Morgan fingerprint density at radius 2 is 1.94 bits per heavy atom. The molecule has 2 aromatic rings. The fraction of sp³-hybridized carbons (Fsp3) is 0.111. The van der Waals surface area contributed by atoms with Crippen LogP contribution in [0.4, 0.5) is 5.13 Å². The van der Waals surface area contributed by atoms with Gasteiger partial charge in [0.05, 0.1) is 0 Å². The second-order valence-corrected chi connectivity index (χ2v) is 5.97. The largest absolute Gasteiger partial charge is 0.356 e. The van der Waals surface area contributed by atoms with Gasteiger partial charge in [0.15, 0.2) is 0 Å². The van der Waals surface area contributed by atoms with Crippen LogP contribution in [0.15, 0.2) is 34.7 Å². The molecule has 0 atom stereocenters. The molecule has 6 nitrogen and oxygen atoms in total. The summed E-state index contributed by atoms with van der Waals surface area (Å²) in [6, 6.07) is 9.68. The molecule has 0 saturated carbocycles. The highest BCUT2D eigenvalue weighted by molar-refractivity contribution is 7.91. The Morgan fingerprint density at radius 1 is 1.24 bits per heavy atom. The zero-order chi connectivity index (χ0) is 12.3. The first-order chi connectivity index (χ1) is 8.05. The van der Waals surface area contributed by atoms with Gasteiger partial charge in [0, 0.05) is 6.54 Å². The number of aromatic nitrogens is 2. The van der Waals surface area contributed by atoms with E-state index in [9.17, 15) is 8.42 Å². The lowest BCUT2D eigenvalue weighted by Crippen LogP contribution is -2.11. The van der Waals surface area contributed by atoms with Gasteiger partial charge >= 0.3 is 0 Å². The number of benzene rings is 1. The molecule has 2 rings (SSSR count). The van der Waals surface area contributed by atoms with E-state index < -0.39 is 10.0 Å². The van der Waals surface area contributed by atoms with Gasteiger partial charge in [0.2, 0.25) is 9.47 Å². The smallest absolute Gasteiger partial charge is 0.267 e. The molecular formula is C9H10N4O2S2. The molecule has 0 radical (unpaired) electrons. The number of rotatable bonds is 4. The number of nitrogens with zero attached hydrogens (tertiary/aromatic N) is 2. The minimum atomic E-state index is -3.76. The molecule has 1 heterocycles. The molecule has 0 aliphatic heterocycles. The Balaban J connectivity index is 2.04. The maximum Gasteiger partial charge on any atom is 0.267 e. The lowest BCUT2D eigenvalue weighted by atomic mass is 10.2. The van der Waals surface area contributed by atoms with Gasteiger partial charge < -0.3 is 5.32 Å². The molecule has 1 aromatic carbocycles. The van der Waals surface area contributed by atoms with Crippen molar-refractivity contribution in [2.45, 2.75) is 10.9 Å². The summed E-state index contributed by atoms with van der Waals surface area (Å²) in [7, 11) is -3.76. The van der Waals surface area contributed by atoms with E-state index in [1.807, 2.05) is 30.3 Å². The van der Waals surface area contributed by atoms with Crippen molar-refractivity contribution in [1.82, 2.24) is 10.2 Å². The minimum Gasteiger partial charge on any atom is -0.356 e. The van der Waals surface area contributed by atoms with Gasteiger partial charge in [-0.05, 0) is 5.56 Å². The van der Waals surface area contributed by atoms with Crippen molar-refractivity contribution in [2.75, 3.05) is 5.32 Å². The van der Waals surface area contributed by atoms with Crippen molar-refractivity contribution >= 4 is 26.5 Å². The van der Waals surface area contributed by atoms with Crippen LogP contribution in [0.2, 0.25) is 0 Å². The second kappa shape index (κ2) is 4.78. The third-order valence-corrected chi connectivity index (χ3v) is 4.13. The predicted octanol–water partition coefficient (Wildman–Crippen LogP) is 0.798. The summed E-state index contributed by atoms with van der Waals surface area (Å²) in [6.45, 7) is 0.556. The van der Waals surface area contributed by atoms with E-state index in [1.165, 1.54) is 0 Å². The van der Waals surface area contributed by atoms with E-state index in [4.69, 9.17) is 5.14 Å². The summed E-state index contributed by atoms with van der Waals surface area (Å²) < 4.78 is 21.8. The average Bonchev–Trinajstić information content (AvgIpc) is 2.76. The maximum absolute atomic E-state index is 11.0. The minimum absolute atomic E-state index is 0.187. The third-order valence-electron chi connectivity index (χ3n) is 1.94. The number of hydrogen-bond donors (Lipinski definition) is 2. The summed E-state index contributed by atoms with van der Waals surface area (Å²) in [6.07, 6.45) is 0. The lowest BCUT2D eigenvalue weighted by molar-refractivity contribution is 0.596. The van der Waals surface area contributed by atoms with Gasteiger partial charge in [-0.25, -0.2) is 13.6 Å². The van der Waals surface area contributed by atoms with Crippen LogP contribution in [0, 0.1) is 0 Å². The number of nitrogens with two attached hydrogens (primary N) is 1. The Bertz CT molecular complexity index is 594. The fourth-order valence-electron chi connectivity index (χ4n) is 1.17.